The maximum absolute atomic E-state index is 12.7. The number of aromatic amines is 1. The maximum Gasteiger partial charge on any atom is 0.247 e. The van der Waals surface area contributed by atoms with Crippen molar-refractivity contribution in [3.63, 3.8) is 0 Å². The summed E-state index contributed by atoms with van der Waals surface area (Å²) < 4.78 is 5.17. The molecule has 1 heterocycles. The van der Waals surface area contributed by atoms with Gasteiger partial charge in [0.15, 0.2) is 0 Å². The first kappa shape index (κ1) is 17.5. The van der Waals surface area contributed by atoms with Crippen molar-refractivity contribution in [1.29, 1.82) is 0 Å². The van der Waals surface area contributed by atoms with E-state index in [1.807, 2.05) is 30.5 Å². The van der Waals surface area contributed by atoms with Crippen LogP contribution >= 0.6 is 0 Å². The number of H-pyrrole nitrogens is 1. The molecule has 26 heavy (non-hydrogen) atoms. The van der Waals surface area contributed by atoms with Gasteiger partial charge in [-0.05, 0) is 23.8 Å². The van der Waals surface area contributed by atoms with Gasteiger partial charge in [0.1, 0.15) is 11.8 Å². The number of hydrogen-bond acceptors (Lipinski definition) is 3. The first-order valence-electron chi connectivity index (χ1n) is 8.34. The molecule has 0 aliphatic heterocycles. The maximum atomic E-state index is 12.7. The van der Waals surface area contributed by atoms with E-state index in [4.69, 9.17) is 4.74 Å². The van der Waals surface area contributed by atoms with E-state index in [9.17, 15) is 9.59 Å². The zero-order chi connectivity index (χ0) is 18.5. The second-order valence-corrected chi connectivity index (χ2v) is 6.04. The Kier molecular flexibility index (Phi) is 5.22. The smallest absolute Gasteiger partial charge is 0.247 e. The summed E-state index contributed by atoms with van der Waals surface area (Å²) >= 11 is 0. The third-order valence-electron chi connectivity index (χ3n) is 4.13. The van der Waals surface area contributed by atoms with Crippen molar-refractivity contribution in [2.24, 2.45) is 0 Å². The molecule has 3 rings (SSSR count). The molecule has 0 fully saturated rings. The highest BCUT2D eigenvalue weighted by Crippen LogP contribution is 2.20. The van der Waals surface area contributed by atoms with Crippen molar-refractivity contribution < 1.29 is 14.3 Å². The molecule has 3 N–H and O–H groups in total. The fraction of sp³-hybridized carbons (Fsp3) is 0.200. The number of carbonyl (C=O) groups is 2. The van der Waals surface area contributed by atoms with Crippen LogP contribution in [0.2, 0.25) is 0 Å². The number of para-hydroxylation sites is 1. The van der Waals surface area contributed by atoms with Crippen LogP contribution in [0.1, 0.15) is 12.5 Å². The molecule has 0 saturated heterocycles. The fourth-order valence-corrected chi connectivity index (χ4v) is 2.91. The minimum atomic E-state index is -0.682. The topological polar surface area (TPSA) is 83.2 Å². The molecule has 134 valence electrons. The van der Waals surface area contributed by atoms with E-state index in [-0.39, 0.29) is 11.8 Å². The number of fused-ring (bicyclic) bond motifs is 1. The van der Waals surface area contributed by atoms with Gasteiger partial charge in [-0.1, -0.05) is 24.3 Å². The molecule has 1 aromatic heterocycles. The minimum absolute atomic E-state index is 0.254. The molecule has 0 radical (unpaired) electrons. The highest BCUT2D eigenvalue weighted by Gasteiger charge is 2.21. The summed E-state index contributed by atoms with van der Waals surface area (Å²) in [5.74, 6) is 0.116. The van der Waals surface area contributed by atoms with Gasteiger partial charge in [0.2, 0.25) is 11.8 Å². The van der Waals surface area contributed by atoms with Gasteiger partial charge in [0, 0.05) is 42.2 Å². The van der Waals surface area contributed by atoms with Crippen LogP contribution in [0, 0.1) is 0 Å². The van der Waals surface area contributed by atoms with E-state index in [1.54, 1.807) is 31.4 Å². The summed E-state index contributed by atoms with van der Waals surface area (Å²) in [6.45, 7) is 1.40. The Morgan fingerprint density at radius 3 is 2.73 bits per heavy atom. The summed E-state index contributed by atoms with van der Waals surface area (Å²) in [5.41, 5.74) is 2.58. The summed E-state index contributed by atoms with van der Waals surface area (Å²) in [7, 11) is 1.57. The monoisotopic (exact) mass is 351 g/mol. The standard InChI is InChI=1S/C20H21N3O3/c1-13(24)22-19(10-14-12-21-18-9-4-3-8-17(14)18)20(25)23-15-6-5-7-16(11-15)26-2/h3-9,11-12,19,21H,10H2,1-2H3,(H,22,24)(H,23,25). The lowest BCUT2D eigenvalue weighted by Gasteiger charge is -2.17. The van der Waals surface area contributed by atoms with Gasteiger partial charge in [-0.3, -0.25) is 9.59 Å². The quantitative estimate of drug-likeness (QED) is 0.638. The Morgan fingerprint density at radius 1 is 1.15 bits per heavy atom. The van der Waals surface area contributed by atoms with Gasteiger partial charge in [0.25, 0.3) is 0 Å². The Hall–Kier alpha value is -3.28. The largest absolute Gasteiger partial charge is 0.497 e. The first-order valence-corrected chi connectivity index (χ1v) is 8.34. The molecule has 6 nitrogen and oxygen atoms in total. The normalized spacial score (nSPS) is 11.8. The van der Waals surface area contributed by atoms with Gasteiger partial charge in [-0.25, -0.2) is 0 Å². The zero-order valence-electron chi connectivity index (χ0n) is 14.7. The second-order valence-electron chi connectivity index (χ2n) is 6.04. The molecular formula is C20H21N3O3. The van der Waals surface area contributed by atoms with E-state index in [1.165, 1.54) is 6.92 Å². The third-order valence-corrected chi connectivity index (χ3v) is 4.13. The van der Waals surface area contributed by atoms with Crippen LogP contribution in [0.3, 0.4) is 0 Å². The highest BCUT2D eigenvalue weighted by molar-refractivity contribution is 5.97. The minimum Gasteiger partial charge on any atom is -0.497 e. The second kappa shape index (κ2) is 7.74. The lowest BCUT2D eigenvalue weighted by Crippen LogP contribution is -2.44. The van der Waals surface area contributed by atoms with Gasteiger partial charge in [-0.15, -0.1) is 0 Å². The predicted octanol–water partition coefficient (Wildman–Crippen LogP) is 2.86. The number of rotatable bonds is 6. The number of amides is 2. The number of anilines is 1. The van der Waals surface area contributed by atoms with Gasteiger partial charge in [-0.2, -0.15) is 0 Å². The summed E-state index contributed by atoms with van der Waals surface area (Å²) in [6.07, 6.45) is 2.26. The Bertz CT molecular complexity index is 933. The van der Waals surface area contributed by atoms with E-state index in [0.29, 0.717) is 17.9 Å². The van der Waals surface area contributed by atoms with Crippen molar-refractivity contribution >= 4 is 28.4 Å². The molecule has 1 atom stereocenters. The predicted molar refractivity (Wildman–Crippen MR) is 101 cm³/mol. The molecule has 0 bridgehead atoms. The number of hydrogen-bond donors (Lipinski definition) is 3. The molecule has 0 saturated carbocycles. The fourth-order valence-electron chi connectivity index (χ4n) is 2.91. The van der Waals surface area contributed by atoms with Crippen molar-refractivity contribution in [3.8, 4) is 5.75 Å². The number of ether oxygens (including phenoxy) is 1. The average Bonchev–Trinajstić information content (AvgIpc) is 3.04. The van der Waals surface area contributed by atoms with Crippen LogP contribution in [-0.4, -0.2) is 29.9 Å². The summed E-state index contributed by atoms with van der Waals surface area (Å²) in [4.78, 5) is 27.5. The van der Waals surface area contributed by atoms with Crippen LogP contribution in [-0.2, 0) is 16.0 Å². The molecule has 0 spiro atoms. The summed E-state index contributed by atoms with van der Waals surface area (Å²) in [6, 6.07) is 14.3. The van der Waals surface area contributed by atoms with E-state index in [2.05, 4.69) is 15.6 Å². The molecule has 6 heteroatoms. The number of nitrogens with one attached hydrogen (secondary N) is 3. The van der Waals surface area contributed by atoms with E-state index in [0.717, 1.165) is 16.5 Å². The molecule has 1 unspecified atom stereocenters. The van der Waals surface area contributed by atoms with Gasteiger partial charge >= 0.3 is 0 Å². The van der Waals surface area contributed by atoms with Gasteiger partial charge in [0.05, 0.1) is 7.11 Å². The number of aromatic nitrogens is 1. The van der Waals surface area contributed by atoms with Crippen LogP contribution in [0.4, 0.5) is 5.69 Å². The number of benzene rings is 2. The van der Waals surface area contributed by atoms with Crippen molar-refractivity contribution in [2.45, 2.75) is 19.4 Å². The summed E-state index contributed by atoms with van der Waals surface area (Å²) in [5, 5.41) is 6.61. The van der Waals surface area contributed by atoms with E-state index >= 15 is 0 Å². The van der Waals surface area contributed by atoms with Crippen LogP contribution in [0.25, 0.3) is 10.9 Å². The first-order chi connectivity index (χ1) is 12.6. The van der Waals surface area contributed by atoms with Crippen LogP contribution in [0.5, 0.6) is 5.75 Å². The molecule has 0 aliphatic carbocycles. The van der Waals surface area contributed by atoms with Crippen LogP contribution < -0.4 is 15.4 Å². The lowest BCUT2D eigenvalue weighted by atomic mass is 10.0. The molecule has 2 amide bonds. The average molecular weight is 351 g/mol. The number of methoxy groups -OCH3 is 1. The molecule has 0 aliphatic rings. The van der Waals surface area contributed by atoms with Crippen molar-refractivity contribution in [1.82, 2.24) is 10.3 Å². The highest BCUT2D eigenvalue weighted by atomic mass is 16.5. The Labute approximate surface area is 151 Å². The Balaban J connectivity index is 1.80. The SMILES string of the molecule is COc1cccc(NC(=O)C(Cc2c[nH]c3ccccc23)NC(C)=O)c1. The van der Waals surface area contributed by atoms with Gasteiger partial charge < -0.3 is 20.4 Å². The lowest BCUT2D eigenvalue weighted by molar-refractivity contribution is -0.125. The molecular weight excluding hydrogens is 330 g/mol. The van der Waals surface area contributed by atoms with Crippen molar-refractivity contribution in [3.05, 3.63) is 60.3 Å². The molecule has 2 aromatic carbocycles. The van der Waals surface area contributed by atoms with E-state index < -0.39 is 6.04 Å². The third kappa shape index (κ3) is 4.03. The van der Waals surface area contributed by atoms with Crippen molar-refractivity contribution in [2.75, 3.05) is 12.4 Å². The number of carbonyl (C=O) groups excluding carboxylic acids is 2. The molecule has 3 aromatic rings. The zero-order valence-corrected chi connectivity index (χ0v) is 14.7. The Morgan fingerprint density at radius 2 is 1.96 bits per heavy atom. The van der Waals surface area contributed by atoms with Crippen LogP contribution in [0.15, 0.2) is 54.7 Å².